The SMILES string of the molecule is Cn1nc(NS(C)(=O)=O)c2c(Cl)ccc(-c3cc4c(nc3[C@H](Cc3cc(F)cc(F)c3)NC(=O)Cn3nc(C(F)(F)F)c5c3C(F)(F)C[C@@H]5N)NCC(=O)N4)c21. The third kappa shape index (κ3) is 7.30. The van der Waals surface area contributed by atoms with Crippen molar-refractivity contribution in [1.82, 2.24) is 29.9 Å². The lowest BCUT2D eigenvalue weighted by molar-refractivity contribution is -0.142. The first-order valence-electron chi connectivity index (χ1n) is 16.4. The maximum Gasteiger partial charge on any atom is 0.435 e. The number of hydrogen-bond donors (Lipinski definition) is 5. The molecular weight excluding hydrogens is 801 g/mol. The standard InChI is InChI=1S/C33H28ClF7N10O4S/c1-50-27-16(3-4-18(34)24(27)31(48-50)49-56(2,54)55)17-9-21-30(43-11-22(52)45-21)46-26(17)20(7-13-5-14(35)8-15(36)6-13)44-23(53)12-51-29-25(19(42)10-32(29,37)38)28(47-51)33(39,40)41/h3-6,8-9,19-20H,7,10-12,42H2,1-2H3,(H,43,46)(H,44,53)(H,45,52)(H,48,49)/t19-,20-/m0/s1. The Kier molecular flexibility index (Phi) is 9.43. The van der Waals surface area contributed by atoms with Crippen molar-refractivity contribution in [3.05, 3.63) is 81.3 Å². The van der Waals surface area contributed by atoms with Crippen LogP contribution in [0.1, 0.15) is 46.7 Å². The smallest absolute Gasteiger partial charge is 0.359 e. The monoisotopic (exact) mass is 828 g/mol. The lowest BCUT2D eigenvalue weighted by Crippen LogP contribution is -2.35. The predicted octanol–water partition coefficient (Wildman–Crippen LogP) is 5.11. The van der Waals surface area contributed by atoms with Crippen molar-refractivity contribution in [3.63, 3.8) is 0 Å². The molecule has 6 N–H and O–H groups in total. The molecule has 14 nitrogen and oxygen atoms in total. The lowest BCUT2D eigenvalue weighted by Gasteiger charge is -2.26. The average Bonchev–Trinajstić information content (AvgIpc) is 3.69. The maximum atomic E-state index is 15.1. The number of amides is 2. The number of rotatable bonds is 9. The Morgan fingerprint density at radius 1 is 1.12 bits per heavy atom. The van der Waals surface area contributed by atoms with E-state index >= 15 is 8.78 Å². The van der Waals surface area contributed by atoms with Gasteiger partial charge in [0.15, 0.2) is 17.3 Å². The molecule has 1 aliphatic heterocycles. The molecule has 0 saturated carbocycles. The van der Waals surface area contributed by atoms with Gasteiger partial charge in [0.1, 0.15) is 23.9 Å². The topological polar surface area (TPSA) is 191 Å². The molecule has 4 heterocycles. The van der Waals surface area contributed by atoms with Gasteiger partial charge in [-0.2, -0.15) is 32.1 Å². The number of aromatic nitrogens is 5. The van der Waals surface area contributed by atoms with Gasteiger partial charge in [0.25, 0.3) is 5.92 Å². The van der Waals surface area contributed by atoms with E-state index in [-0.39, 0.29) is 66.9 Å². The van der Waals surface area contributed by atoms with Gasteiger partial charge < -0.3 is 21.7 Å². The van der Waals surface area contributed by atoms with Crippen LogP contribution in [0.15, 0.2) is 36.4 Å². The molecule has 0 bridgehead atoms. The Morgan fingerprint density at radius 3 is 2.48 bits per heavy atom. The average molecular weight is 829 g/mol. The molecule has 2 atom stereocenters. The second kappa shape index (κ2) is 13.6. The van der Waals surface area contributed by atoms with Crippen molar-refractivity contribution in [2.75, 3.05) is 28.2 Å². The van der Waals surface area contributed by atoms with Gasteiger partial charge >= 0.3 is 6.18 Å². The largest absolute Gasteiger partial charge is 0.435 e. The lowest BCUT2D eigenvalue weighted by atomic mass is 9.93. The molecule has 296 valence electrons. The van der Waals surface area contributed by atoms with Crippen LogP contribution in [0.2, 0.25) is 5.02 Å². The van der Waals surface area contributed by atoms with Gasteiger partial charge in [0.2, 0.25) is 21.8 Å². The van der Waals surface area contributed by atoms with E-state index in [1.54, 1.807) is 0 Å². The minimum absolute atomic E-state index is 0.0298. The molecule has 3 aromatic heterocycles. The Morgan fingerprint density at radius 2 is 1.82 bits per heavy atom. The number of anilines is 3. The van der Waals surface area contributed by atoms with Crippen molar-refractivity contribution in [3.8, 4) is 11.1 Å². The number of benzene rings is 2. The zero-order chi connectivity index (χ0) is 40.6. The fraction of sp³-hybridized carbons (Fsp3) is 0.303. The Hall–Kier alpha value is -5.48. The molecule has 23 heteroatoms. The number of nitrogens with two attached hydrogens (primary N) is 1. The number of pyridine rings is 1. The maximum absolute atomic E-state index is 15.1. The van der Waals surface area contributed by atoms with E-state index in [9.17, 15) is 40.0 Å². The van der Waals surface area contributed by atoms with Crippen LogP contribution in [0.5, 0.6) is 0 Å². The number of hydrogen-bond acceptors (Lipinski definition) is 9. The number of nitrogens with one attached hydrogen (secondary N) is 4. The van der Waals surface area contributed by atoms with Crippen LogP contribution in [0.25, 0.3) is 22.0 Å². The number of carbonyl (C=O) groups excluding carboxylic acids is 2. The zero-order valence-corrected chi connectivity index (χ0v) is 30.4. The van der Waals surface area contributed by atoms with Crippen LogP contribution < -0.4 is 26.4 Å². The van der Waals surface area contributed by atoms with Crippen LogP contribution in [-0.2, 0) is 51.7 Å². The van der Waals surface area contributed by atoms with E-state index in [1.165, 1.54) is 29.9 Å². The van der Waals surface area contributed by atoms with Crippen molar-refractivity contribution in [2.45, 2.75) is 43.6 Å². The number of carbonyl (C=O) groups is 2. The van der Waals surface area contributed by atoms with Gasteiger partial charge in [-0.1, -0.05) is 17.7 Å². The highest BCUT2D eigenvalue weighted by Gasteiger charge is 2.53. The predicted molar refractivity (Wildman–Crippen MR) is 188 cm³/mol. The highest BCUT2D eigenvalue weighted by Crippen LogP contribution is 2.50. The number of fused-ring (bicyclic) bond motifs is 3. The quantitative estimate of drug-likeness (QED) is 0.126. The van der Waals surface area contributed by atoms with E-state index in [0.717, 1.165) is 18.4 Å². The van der Waals surface area contributed by atoms with E-state index in [4.69, 9.17) is 17.3 Å². The first-order valence-corrected chi connectivity index (χ1v) is 18.6. The summed E-state index contributed by atoms with van der Waals surface area (Å²) in [6, 6.07) is 3.72. The molecule has 0 saturated heterocycles. The number of aryl methyl sites for hydroxylation is 1. The first kappa shape index (κ1) is 38.8. The Bertz CT molecular complexity index is 2560. The fourth-order valence-corrected chi connectivity index (χ4v) is 7.74. The summed E-state index contributed by atoms with van der Waals surface area (Å²) in [5, 5.41) is 15.8. The molecule has 56 heavy (non-hydrogen) atoms. The van der Waals surface area contributed by atoms with Crippen LogP contribution in [0, 0.1) is 11.6 Å². The van der Waals surface area contributed by atoms with Crippen molar-refractivity contribution in [2.24, 2.45) is 12.8 Å². The molecule has 0 spiro atoms. The summed E-state index contributed by atoms with van der Waals surface area (Å²) in [7, 11) is -2.41. The third-order valence-corrected chi connectivity index (χ3v) is 9.90. The number of nitrogens with zero attached hydrogens (tertiary/aromatic N) is 5. The molecular formula is C33H28ClF7N10O4S. The highest BCUT2D eigenvalue weighted by atomic mass is 35.5. The molecule has 2 aliphatic rings. The molecule has 0 radical (unpaired) electrons. The van der Waals surface area contributed by atoms with Crippen LogP contribution in [-0.4, -0.2) is 57.6 Å². The number of alkyl halides is 5. The molecule has 0 fully saturated rings. The van der Waals surface area contributed by atoms with E-state index in [2.05, 4.69) is 35.9 Å². The molecule has 0 unspecified atom stereocenters. The van der Waals surface area contributed by atoms with Crippen molar-refractivity contribution < 1.29 is 48.7 Å². The first-order chi connectivity index (χ1) is 26.1. The van der Waals surface area contributed by atoms with Crippen LogP contribution >= 0.6 is 11.6 Å². The van der Waals surface area contributed by atoms with Gasteiger partial charge in [0, 0.05) is 42.3 Å². The fourth-order valence-electron chi connectivity index (χ4n) is 7.01. The normalized spacial score (nSPS) is 16.9. The number of sulfonamides is 1. The van der Waals surface area contributed by atoms with Gasteiger partial charge in [-0.25, -0.2) is 22.2 Å². The molecule has 7 rings (SSSR count). The summed E-state index contributed by atoms with van der Waals surface area (Å²) in [5.74, 6) is -7.54. The summed E-state index contributed by atoms with van der Waals surface area (Å²) in [5.41, 5.74) is 2.53. The highest BCUT2D eigenvalue weighted by molar-refractivity contribution is 7.92. The van der Waals surface area contributed by atoms with E-state index in [1.807, 2.05) is 0 Å². The van der Waals surface area contributed by atoms with Crippen LogP contribution in [0.4, 0.5) is 48.1 Å². The Balaban J connectivity index is 1.40. The number of halogens is 8. The summed E-state index contributed by atoms with van der Waals surface area (Å²) >= 11 is 6.54. The van der Waals surface area contributed by atoms with Gasteiger partial charge in [-0.15, -0.1) is 0 Å². The zero-order valence-electron chi connectivity index (χ0n) is 28.8. The second-order valence-electron chi connectivity index (χ2n) is 13.3. The second-order valence-corrected chi connectivity index (χ2v) is 15.4. The minimum atomic E-state index is -5.19. The molecule has 1 aliphatic carbocycles. The van der Waals surface area contributed by atoms with Gasteiger partial charge in [0.05, 0.1) is 46.1 Å². The van der Waals surface area contributed by atoms with E-state index in [0.29, 0.717) is 6.07 Å². The summed E-state index contributed by atoms with van der Waals surface area (Å²) in [4.78, 5) is 30.9. The molecule has 2 aromatic carbocycles. The van der Waals surface area contributed by atoms with Gasteiger partial charge in [-0.3, -0.25) is 23.7 Å². The summed E-state index contributed by atoms with van der Waals surface area (Å²) in [6.07, 6.45) is -5.88. The molecule has 5 aromatic rings. The third-order valence-electron chi connectivity index (χ3n) is 9.02. The summed E-state index contributed by atoms with van der Waals surface area (Å²) in [6.45, 7) is -1.41. The van der Waals surface area contributed by atoms with Gasteiger partial charge in [-0.05, 0) is 36.2 Å². The van der Waals surface area contributed by atoms with Crippen molar-refractivity contribution >= 4 is 61.7 Å². The van der Waals surface area contributed by atoms with Crippen LogP contribution in [0.3, 0.4) is 0 Å². The Labute approximate surface area is 316 Å². The van der Waals surface area contributed by atoms with E-state index < -0.39 is 94.0 Å². The molecule has 2 amide bonds. The minimum Gasteiger partial charge on any atom is -0.359 e. The van der Waals surface area contributed by atoms with Crippen molar-refractivity contribution in [1.29, 1.82) is 0 Å². The summed E-state index contributed by atoms with van der Waals surface area (Å²) < 4.78 is 129.